The third-order valence-electron chi connectivity index (χ3n) is 5.86. The molecule has 1 aromatic carbocycles. The molecule has 1 aliphatic carbocycles. The van der Waals surface area contributed by atoms with Gasteiger partial charge in [-0.2, -0.15) is 5.10 Å². The molecule has 1 saturated heterocycles. The fourth-order valence-corrected chi connectivity index (χ4v) is 4.58. The minimum atomic E-state index is -0.115. The molecule has 6 heteroatoms. The van der Waals surface area contributed by atoms with E-state index in [0.29, 0.717) is 6.42 Å². The van der Waals surface area contributed by atoms with E-state index in [9.17, 15) is 9.59 Å². The van der Waals surface area contributed by atoms with Crippen molar-refractivity contribution in [1.29, 1.82) is 0 Å². The molecule has 0 unspecified atom stereocenters. The highest BCUT2D eigenvalue weighted by molar-refractivity contribution is 6.00. The summed E-state index contributed by atoms with van der Waals surface area (Å²) in [6.45, 7) is 6.56. The number of benzene rings is 1. The van der Waals surface area contributed by atoms with Gasteiger partial charge in [-0.15, -0.1) is 0 Å². The molecule has 0 spiro atoms. The van der Waals surface area contributed by atoms with E-state index in [0.717, 1.165) is 54.2 Å². The molecule has 2 heterocycles. The van der Waals surface area contributed by atoms with Gasteiger partial charge in [-0.25, -0.2) is 4.68 Å². The lowest BCUT2D eigenvalue weighted by Gasteiger charge is -2.30. The van der Waals surface area contributed by atoms with Gasteiger partial charge in [0.2, 0.25) is 5.91 Å². The lowest BCUT2D eigenvalue weighted by atomic mass is 9.75. The molecule has 2 aliphatic rings. The number of fused-ring (bicyclic) bond motifs is 1. The molecule has 0 bridgehead atoms. The quantitative estimate of drug-likeness (QED) is 0.813. The summed E-state index contributed by atoms with van der Waals surface area (Å²) >= 11 is 0. The summed E-state index contributed by atoms with van der Waals surface area (Å²) in [7, 11) is 1.64. The number of likely N-dealkylation sites (tertiary alicyclic amines) is 1. The molecule has 1 aromatic heterocycles. The van der Waals surface area contributed by atoms with E-state index in [1.54, 1.807) is 14.0 Å². The molecular weight excluding hydrogens is 354 g/mol. The molecular formula is C22H27N3O3. The minimum Gasteiger partial charge on any atom is -0.497 e. The number of ether oxygens (including phenoxy) is 1. The molecule has 148 valence electrons. The van der Waals surface area contributed by atoms with Crippen LogP contribution in [0.4, 0.5) is 0 Å². The number of methoxy groups -OCH3 is 1. The second-order valence-electron chi connectivity index (χ2n) is 8.63. The molecule has 0 saturated carbocycles. The highest BCUT2D eigenvalue weighted by Gasteiger charge is 2.41. The van der Waals surface area contributed by atoms with Crippen molar-refractivity contribution in [2.45, 2.75) is 52.5 Å². The zero-order valence-electron chi connectivity index (χ0n) is 17.0. The maximum absolute atomic E-state index is 13.1. The van der Waals surface area contributed by atoms with Gasteiger partial charge in [0, 0.05) is 19.9 Å². The maximum atomic E-state index is 13.1. The van der Waals surface area contributed by atoms with Crippen molar-refractivity contribution in [1.82, 2.24) is 14.7 Å². The van der Waals surface area contributed by atoms with Crippen molar-refractivity contribution in [2.75, 3.05) is 13.7 Å². The Labute approximate surface area is 165 Å². The van der Waals surface area contributed by atoms with E-state index in [1.165, 1.54) is 0 Å². The van der Waals surface area contributed by atoms with Crippen molar-refractivity contribution in [3.8, 4) is 11.4 Å². The summed E-state index contributed by atoms with van der Waals surface area (Å²) in [5.74, 6) is 0.954. The highest BCUT2D eigenvalue weighted by atomic mass is 16.5. The number of Topliss-reactive ketones (excluding diaryl/α,β-unsaturated/α-hetero) is 1. The van der Waals surface area contributed by atoms with Gasteiger partial charge in [0.15, 0.2) is 5.78 Å². The van der Waals surface area contributed by atoms with Gasteiger partial charge < -0.3 is 9.64 Å². The molecule has 0 N–H and O–H groups in total. The molecule has 28 heavy (non-hydrogen) atoms. The van der Waals surface area contributed by atoms with Crippen LogP contribution in [-0.4, -0.2) is 40.0 Å². The van der Waals surface area contributed by atoms with Crippen molar-refractivity contribution in [3.05, 3.63) is 41.2 Å². The molecule has 0 radical (unpaired) electrons. The molecule has 1 aliphatic heterocycles. The second-order valence-corrected chi connectivity index (χ2v) is 8.63. The Hall–Kier alpha value is -2.63. The first kappa shape index (κ1) is 18.7. The lowest BCUT2D eigenvalue weighted by Crippen LogP contribution is -2.31. The van der Waals surface area contributed by atoms with Crippen LogP contribution in [0.3, 0.4) is 0 Å². The average molecular weight is 381 g/mol. The Morgan fingerprint density at radius 3 is 2.57 bits per heavy atom. The van der Waals surface area contributed by atoms with Gasteiger partial charge in [-0.1, -0.05) is 13.8 Å². The van der Waals surface area contributed by atoms with Crippen molar-refractivity contribution in [2.24, 2.45) is 5.41 Å². The number of rotatable bonds is 3. The van der Waals surface area contributed by atoms with Gasteiger partial charge in [0.25, 0.3) is 0 Å². The summed E-state index contributed by atoms with van der Waals surface area (Å²) in [6, 6.07) is 7.60. The number of amides is 1. The van der Waals surface area contributed by atoms with Crippen LogP contribution in [0.1, 0.15) is 67.8 Å². The number of carbonyl (C=O) groups is 2. The zero-order chi connectivity index (χ0) is 20.1. The Morgan fingerprint density at radius 1 is 1.21 bits per heavy atom. The fourth-order valence-electron chi connectivity index (χ4n) is 4.58. The first-order valence-corrected chi connectivity index (χ1v) is 9.87. The predicted octanol–water partition coefficient (Wildman–Crippen LogP) is 3.72. The van der Waals surface area contributed by atoms with Gasteiger partial charge in [-0.3, -0.25) is 9.59 Å². The number of hydrogen-bond donors (Lipinski definition) is 0. The van der Waals surface area contributed by atoms with Crippen LogP contribution < -0.4 is 4.74 Å². The smallest absolute Gasteiger partial charge is 0.220 e. The van der Waals surface area contributed by atoms with Gasteiger partial charge >= 0.3 is 0 Å². The molecule has 6 nitrogen and oxygen atoms in total. The minimum absolute atomic E-state index is 0.0406. The third-order valence-corrected chi connectivity index (χ3v) is 5.86. The van der Waals surface area contributed by atoms with Gasteiger partial charge in [0.1, 0.15) is 5.75 Å². The van der Waals surface area contributed by atoms with E-state index >= 15 is 0 Å². The van der Waals surface area contributed by atoms with Crippen LogP contribution in [-0.2, 0) is 11.2 Å². The average Bonchev–Trinajstić information content (AvgIpc) is 3.25. The van der Waals surface area contributed by atoms with E-state index in [1.807, 2.05) is 33.8 Å². The van der Waals surface area contributed by atoms with E-state index in [2.05, 4.69) is 13.8 Å². The van der Waals surface area contributed by atoms with Crippen LogP contribution in [0, 0.1) is 5.41 Å². The summed E-state index contributed by atoms with van der Waals surface area (Å²) in [5.41, 5.74) is 3.24. The third kappa shape index (κ3) is 3.11. The molecule has 1 fully saturated rings. The van der Waals surface area contributed by atoms with Crippen molar-refractivity contribution < 1.29 is 14.3 Å². The van der Waals surface area contributed by atoms with Crippen LogP contribution in [0.25, 0.3) is 5.69 Å². The van der Waals surface area contributed by atoms with E-state index in [-0.39, 0.29) is 23.1 Å². The first-order valence-electron chi connectivity index (χ1n) is 9.87. The fraction of sp³-hybridized carbons (Fsp3) is 0.500. The summed E-state index contributed by atoms with van der Waals surface area (Å²) in [5, 5.41) is 4.91. The summed E-state index contributed by atoms with van der Waals surface area (Å²) in [4.78, 5) is 27.1. The first-order chi connectivity index (χ1) is 13.3. The molecule has 1 amide bonds. The largest absolute Gasteiger partial charge is 0.497 e. The SMILES string of the molecule is COc1ccc(-n2nc([C@@H]3CCCN3C(C)=O)c3c2CC(C)(C)CC3=O)cc1. The maximum Gasteiger partial charge on any atom is 0.220 e. The van der Waals surface area contributed by atoms with Crippen LogP contribution in [0.15, 0.2) is 24.3 Å². The Kier molecular flexibility index (Phi) is 4.52. The standard InChI is InChI=1S/C22H27N3O3/c1-14(26)24-11-5-6-17(24)21-20-18(12-22(2,3)13-19(20)27)25(23-21)15-7-9-16(28-4)10-8-15/h7-10,17H,5-6,11-13H2,1-4H3/t17-/m0/s1. The number of aromatic nitrogens is 2. The Morgan fingerprint density at radius 2 is 1.93 bits per heavy atom. The molecule has 1 atom stereocenters. The van der Waals surface area contributed by atoms with Gasteiger partial charge in [-0.05, 0) is 48.9 Å². The Bertz CT molecular complexity index is 927. The monoisotopic (exact) mass is 381 g/mol. The van der Waals surface area contributed by atoms with Crippen LogP contribution in [0.5, 0.6) is 5.75 Å². The van der Waals surface area contributed by atoms with Crippen LogP contribution in [0.2, 0.25) is 0 Å². The van der Waals surface area contributed by atoms with E-state index < -0.39 is 0 Å². The number of ketones is 1. The van der Waals surface area contributed by atoms with Gasteiger partial charge in [0.05, 0.1) is 35.8 Å². The predicted molar refractivity (Wildman–Crippen MR) is 106 cm³/mol. The topological polar surface area (TPSA) is 64.4 Å². The van der Waals surface area contributed by atoms with Crippen LogP contribution >= 0.6 is 0 Å². The Balaban J connectivity index is 1.87. The lowest BCUT2D eigenvalue weighted by molar-refractivity contribution is -0.129. The number of hydrogen-bond acceptors (Lipinski definition) is 4. The normalized spacial score (nSPS) is 20.9. The highest BCUT2D eigenvalue weighted by Crippen LogP contribution is 2.42. The number of nitrogens with zero attached hydrogens (tertiary/aromatic N) is 3. The number of carbonyl (C=O) groups excluding carboxylic acids is 2. The van der Waals surface area contributed by atoms with Crippen molar-refractivity contribution >= 4 is 11.7 Å². The molecule has 2 aromatic rings. The van der Waals surface area contributed by atoms with Crippen molar-refractivity contribution in [3.63, 3.8) is 0 Å². The second kappa shape index (κ2) is 6.76. The zero-order valence-corrected chi connectivity index (χ0v) is 17.0. The van der Waals surface area contributed by atoms with E-state index in [4.69, 9.17) is 9.84 Å². The summed E-state index contributed by atoms with van der Waals surface area (Å²) < 4.78 is 7.17. The molecule has 4 rings (SSSR count). The summed E-state index contributed by atoms with van der Waals surface area (Å²) in [6.07, 6.45) is 3.07.